The molecule has 0 bridgehead atoms. The third-order valence-corrected chi connectivity index (χ3v) is 5.75. The Morgan fingerprint density at radius 1 is 1.00 bits per heavy atom. The van der Waals surface area contributed by atoms with Gasteiger partial charge in [0.05, 0.1) is 5.56 Å². The van der Waals surface area contributed by atoms with Gasteiger partial charge in [-0.25, -0.2) is 0 Å². The minimum absolute atomic E-state index is 0.00110. The molecular weight excluding hydrogens is 423 g/mol. The Labute approximate surface area is 183 Å². The molecule has 0 aromatic heterocycles. The van der Waals surface area contributed by atoms with Crippen molar-refractivity contribution in [2.75, 3.05) is 38.1 Å². The lowest BCUT2D eigenvalue weighted by molar-refractivity contribution is -0.137. The van der Waals surface area contributed by atoms with Crippen LogP contribution in [0.1, 0.15) is 23.1 Å². The molecule has 0 spiro atoms. The number of amides is 2. The first-order chi connectivity index (χ1) is 15.3. The zero-order chi connectivity index (χ0) is 22.7. The van der Waals surface area contributed by atoms with Gasteiger partial charge in [-0.2, -0.15) is 13.2 Å². The molecule has 32 heavy (non-hydrogen) atoms. The maximum Gasteiger partial charge on any atom is 0.416 e. The maximum absolute atomic E-state index is 12.7. The van der Waals surface area contributed by atoms with E-state index < -0.39 is 11.7 Å². The number of hydrogen-bond donors (Lipinski definition) is 1. The molecule has 170 valence electrons. The highest BCUT2D eigenvalue weighted by Crippen LogP contribution is 2.29. The molecule has 1 fully saturated rings. The monoisotopic (exact) mass is 447 g/mol. The number of rotatable bonds is 5. The molecule has 2 amide bonds. The van der Waals surface area contributed by atoms with Gasteiger partial charge in [-0.15, -0.1) is 0 Å². The zero-order valence-electron chi connectivity index (χ0n) is 17.5. The third kappa shape index (κ3) is 5.40. The summed E-state index contributed by atoms with van der Waals surface area (Å²) in [5.41, 5.74) is 1.93. The Kier molecular flexibility index (Phi) is 6.36. The van der Waals surface area contributed by atoms with Crippen LogP contribution in [0.4, 0.5) is 18.9 Å². The summed E-state index contributed by atoms with van der Waals surface area (Å²) in [4.78, 5) is 27.8. The molecule has 0 atom stereocenters. The number of halogens is 3. The summed E-state index contributed by atoms with van der Waals surface area (Å²) in [5, 5.41) is 2.81. The van der Waals surface area contributed by atoms with E-state index in [-0.39, 0.29) is 18.4 Å². The Balaban J connectivity index is 1.23. The summed E-state index contributed by atoms with van der Waals surface area (Å²) in [6.45, 7) is 2.85. The second-order valence-corrected chi connectivity index (χ2v) is 8.01. The van der Waals surface area contributed by atoms with Gasteiger partial charge in [0.1, 0.15) is 5.75 Å². The van der Waals surface area contributed by atoms with Crippen LogP contribution in [0.25, 0.3) is 0 Å². The number of nitrogens with one attached hydrogen (secondary N) is 1. The van der Waals surface area contributed by atoms with Crippen LogP contribution in [-0.2, 0) is 28.7 Å². The number of carbonyl (C=O) groups excluding carboxylic acids is 2. The molecule has 0 saturated carbocycles. The van der Waals surface area contributed by atoms with E-state index in [2.05, 4.69) is 10.2 Å². The van der Waals surface area contributed by atoms with Crippen molar-refractivity contribution < 1.29 is 27.5 Å². The SMILES string of the molecule is O=C1CCc2cc(OCC(=O)N3CCN(Cc4ccc(C(F)(F)F)cc4)CC3)ccc2N1. The van der Waals surface area contributed by atoms with Crippen molar-refractivity contribution in [2.45, 2.75) is 25.6 Å². The van der Waals surface area contributed by atoms with Crippen molar-refractivity contribution in [3.63, 3.8) is 0 Å². The molecule has 2 aliphatic rings. The maximum atomic E-state index is 12.7. The van der Waals surface area contributed by atoms with E-state index in [4.69, 9.17) is 4.74 Å². The van der Waals surface area contributed by atoms with Crippen LogP contribution < -0.4 is 10.1 Å². The van der Waals surface area contributed by atoms with Crippen molar-refractivity contribution in [1.82, 2.24) is 9.80 Å². The molecule has 9 heteroatoms. The Morgan fingerprint density at radius 2 is 1.72 bits per heavy atom. The van der Waals surface area contributed by atoms with Crippen molar-refractivity contribution in [3.8, 4) is 5.75 Å². The molecule has 2 aromatic carbocycles. The standard InChI is InChI=1S/C23H24F3N3O3/c24-23(25,26)18-4-1-16(2-5-18)14-28-9-11-29(12-10-28)22(31)15-32-19-6-7-20-17(13-19)3-8-21(30)27-20/h1-2,4-7,13H,3,8-12,14-15H2,(H,27,30). The summed E-state index contributed by atoms with van der Waals surface area (Å²) < 4.78 is 43.7. The predicted octanol–water partition coefficient (Wildman–Crippen LogP) is 3.31. The number of hydrogen-bond acceptors (Lipinski definition) is 4. The lowest BCUT2D eigenvalue weighted by atomic mass is 10.0. The van der Waals surface area contributed by atoms with Crippen molar-refractivity contribution in [1.29, 1.82) is 0 Å². The van der Waals surface area contributed by atoms with Gasteiger partial charge < -0.3 is 15.0 Å². The Hall–Kier alpha value is -3.07. The molecule has 0 radical (unpaired) electrons. The van der Waals surface area contributed by atoms with E-state index in [0.717, 1.165) is 28.9 Å². The van der Waals surface area contributed by atoms with Gasteiger partial charge in [-0.05, 0) is 47.9 Å². The van der Waals surface area contributed by atoms with Gasteiger partial charge in [0.2, 0.25) is 5.91 Å². The summed E-state index contributed by atoms with van der Waals surface area (Å²) in [6, 6.07) is 10.6. The number of aryl methyl sites for hydroxylation is 1. The van der Waals surface area contributed by atoms with Crippen LogP contribution in [0, 0.1) is 0 Å². The van der Waals surface area contributed by atoms with E-state index in [0.29, 0.717) is 51.3 Å². The normalized spacial score (nSPS) is 17.0. The molecule has 0 aliphatic carbocycles. The molecule has 6 nitrogen and oxygen atoms in total. The molecule has 0 unspecified atom stereocenters. The van der Waals surface area contributed by atoms with E-state index in [9.17, 15) is 22.8 Å². The van der Waals surface area contributed by atoms with Gasteiger partial charge in [0.15, 0.2) is 6.61 Å². The van der Waals surface area contributed by atoms with Crippen LogP contribution in [0.15, 0.2) is 42.5 Å². The van der Waals surface area contributed by atoms with Gasteiger partial charge >= 0.3 is 6.18 Å². The highest BCUT2D eigenvalue weighted by molar-refractivity contribution is 5.94. The first kappa shape index (κ1) is 22.1. The molecule has 1 N–H and O–H groups in total. The smallest absolute Gasteiger partial charge is 0.416 e. The van der Waals surface area contributed by atoms with Crippen molar-refractivity contribution in [2.24, 2.45) is 0 Å². The molecule has 2 aromatic rings. The summed E-state index contributed by atoms with van der Waals surface area (Å²) in [7, 11) is 0. The van der Waals surface area contributed by atoms with Gasteiger partial charge in [0.25, 0.3) is 5.91 Å². The number of piperazine rings is 1. The first-order valence-electron chi connectivity index (χ1n) is 10.5. The second-order valence-electron chi connectivity index (χ2n) is 8.01. The summed E-state index contributed by atoms with van der Waals surface area (Å²) in [5.74, 6) is 0.484. The van der Waals surface area contributed by atoms with Gasteiger partial charge in [0, 0.05) is 44.8 Å². The van der Waals surface area contributed by atoms with E-state index in [1.54, 1.807) is 17.0 Å². The van der Waals surface area contributed by atoms with E-state index in [1.165, 1.54) is 12.1 Å². The molecule has 4 rings (SSSR count). The molecule has 2 heterocycles. The number of ether oxygens (including phenoxy) is 1. The summed E-state index contributed by atoms with van der Waals surface area (Å²) >= 11 is 0. The lowest BCUT2D eigenvalue weighted by Gasteiger charge is -2.34. The number of alkyl halides is 3. The van der Waals surface area contributed by atoms with Gasteiger partial charge in [-0.3, -0.25) is 14.5 Å². The summed E-state index contributed by atoms with van der Waals surface area (Å²) in [6.07, 6.45) is -3.25. The third-order valence-electron chi connectivity index (χ3n) is 5.75. The van der Waals surface area contributed by atoms with Crippen LogP contribution >= 0.6 is 0 Å². The van der Waals surface area contributed by atoms with Crippen molar-refractivity contribution >= 4 is 17.5 Å². The Morgan fingerprint density at radius 3 is 2.41 bits per heavy atom. The number of benzene rings is 2. The van der Waals surface area contributed by atoms with E-state index in [1.807, 2.05) is 6.07 Å². The van der Waals surface area contributed by atoms with Gasteiger partial charge in [-0.1, -0.05) is 12.1 Å². The largest absolute Gasteiger partial charge is 0.484 e. The fourth-order valence-electron chi connectivity index (χ4n) is 3.90. The quantitative estimate of drug-likeness (QED) is 0.764. The number of carbonyl (C=O) groups is 2. The van der Waals surface area contributed by atoms with E-state index >= 15 is 0 Å². The van der Waals surface area contributed by atoms with Crippen LogP contribution in [0.5, 0.6) is 5.75 Å². The average molecular weight is 447 g/mol. The first-order valence-corrected chi connectivity index (χ1v) is 10.5. The fraction of sp³-hybridized carbons (Fsp3) is 0.391. The topological polar surface area (TPSA) is 61.9 Å². The molecule has 2 aliphatic heterocycles. The Bertz CT molecular complexity index is 984. The minimum atomic E-state index is -4.33. The second kappa shape index (κ2) is 9.20. The van der Waals surface area contributed by atoms with Crippen molar-refractivity contribution in [3.05, 3.63) is 59.2 Å². The number of nitrogens with zero attached hydrogens (tertiary/aromatic N) is 2. The zero-order valence-corrected chi connectivity index (χ0v) is 17.5. The van der Waals surface area contributed by atoms with Crippen LogP contribution in [0.2, 0.25) is 0 Å². The van der Waals surface area contributed by atoms with Crippen LogP contribution in [0.3, 0.4) is 0 Å². The molecule has 1 saturated heterocycles. The predicted molar refractivity (Wildman–Crippen MR) is 112 cm³/mol. The number of fused-ring (bicyclic) bond motifs is 1. The highest BCUT2D eigenvalue weighted by atomic mass is 19.4. The minimum Gasteiger partial charge on any atom is -0.484 e. The highest BCUT2D eigenvalue weighted by Gasteiger charge is 2.30. The lowest BCUT2D eigenvalue weighted by Crippen LogP contribution is -2.49. The molecular formula is C23H24F3N3O3. The van der Waals surface area contributed by atoms with Crippen LogP contribution in [-0.4, -0.2) is 54.4 Å². The fourth-order valence-corrected chi connectivity index (χ4v) is 3.90. The average Bonchev–Trinajstić information content (AvgIpc) is 2.77. The number of anilines is 1.